The molecular weight excluding hydrogens is 304 g/mol. The third-order valence-corrected chi connectivity index (χ3v) is 5.76. The average Bonchev–Trinajstić information content (AvgIpc) is 3.23. The van der Waals surface area contributed by atoms with Crippen molar-refractivity contribution in [3.8, 4) is 0 Å². The van der Waals surface area contributed by atoms with Gasteiger partial charge in [0.2, 0.25) is 0 Å². The molecule has 4 rings (SSSR count). The van der Waals surface area contributed by atoms with Crippen molar-refractivity contribution in [1.29, 1.82) is 0 Å². The van der Waals surface area contributed by atoms with E-state index in [2.05, 4.69) is 29.2 Å². The van der Waals surface area contributed by atoms with Crippen molar-refractivity contribution in [2.75, 3.05) is 26.2 Å². The van der Waals surface area contributed by atoms with Gasteiger partial charge in [-0.15, -0.1) is 0 Å². The Morgan fingerprint density at radius 2 is 1.96 bits per heavy atom. The molecule has 2 heterocycles. The van der Waals surface area contributed by atoms with Crippen molar-refractivity contribution in [1.82, 2.24) is 9.80 Å². The number of carbonyl (C=O) groups excluding carboxylic acids is 1. The van der Waals surface area contributed by atoms with Crippen molar-refractivity contribution in [3.05, 3.63) is 35.9 Å². The fourth-order valence-corrected chi connectivity index (χ4v) is 4.41. The van der Waals surface area contributed by atoms with Gasteiger partial charge in [0.1, 0.15) is 5.60 Å². The summed E-state index contributed by atoms with van der Waals surface area (Å²) in [4.78, 5) is 17.0. The van der Waals surface area contributed by atoms with Crippen LogP contribution < -0.4 is 0 Å². The first kappa shape index (κ1) is 16.1. The molecule has 1 aliphatic carbocycles. The van der Waals surface area contributed by atoms with Crippen LogP contribution in [-0.4, -0.2) is 64.8 Å². The molecule has 130 valence electrons. The van der Waals surface area contributed by atoms with E-state index in [1.54, 1.807) is 0 Å². The molecule has 0 radical (unpaired) electrons. The molecule has 0 bridgehead atoms. The van der Waals surface area contributed by atoms with Gasteiger partial charge in [0.25, 0.3) is 5.91 Å². The Bertz CT molecular complexity index is 586. The van der Waals surface area contributed by atoms with E-state index in [-0.39, 0.29) is 18.1 Å². The lowest BCUT2D eigenvalue weighted by molar-refractivity contribution is -0.150. The van der Waals surface area contributed by atoms with Crippen LogP contribution in [0, 0.1) is 0 Å². The minimum Gasteiger partial charge on any atom is -0.380 e. The highest BCUT2D eigenvalue weighted by Gasteiger charge is 2.48. The van der Waals surface area contributed by atoms with Gasteiger partial charge in [-0.3, -0.25) is 9.69 Å². The van der Waals surface area contributed by atoms with Crippen LogP contribution in [0.15, 0.2) is 30.3 Å². The summed E-state index contributed by atoms with van der Waals surface area (Å²) < 4.78 is 5.93. The minimum absolute atomic E-state index is 0.0661. The molecule has 1 aromatic carbocycles. The zero-order chi connectivity index (χ0) is 16.6. The van der Waals surface area contributed by atoms with Crippen LogP contribution in [0.4, 0.5) is 0 Å². The quantitative estimate of drug-likeness (QED) is 0.910. The summed E-state index contributed by atoms with van der Waals surface area (Å²) in [6.07, 6.45) is 3.16. The van der Waals surface area contributed by atoms with Gasteiger partial charge >= 0.3 is 0 Å². The van der Waals surface area contributed by atoms with E-state index in [9.17, 15) is 9.90 Å². The van der Waals surface area contributed by atoms with Gasteiger partial charge in [-0.1, -0.05) is 30.3 Å². The maximum atomic E-state index is 12.8. The Balaban J connectivity index is 1.45. The number of amides is 1. The largest absolute Gasteiger partial charge is 0.380 e. The van der Waals surface area contributed by atoms with Crippen LogP contribution in [0.5, 0.6) is 0 Å². The number of likely N-dealkylation sites (tertiary alicyclic amines) is 1. The van der Waals surface area contributed by atoms with E-state index in [1.807, 2.05) is 11.0 Å². The van der Waals surface area contributed by atoms with Crippen molar-refractivity contribution in [2.45, 2.75) is 50.0 Å². The van der Waals surface area contributed by atoms with E-state index in [0.29, 0.717) is 32.5 Å². The molecule has 3 aliphatic rings. The standard InChI is InChI=1S/C19H26N2O3/c22-18(19(23)8-4-5-9-19)21-13-16-17(14-21)24-11-10-20(16)12-15-6-2-1-3-7-15/h1-3,6-7,16-17,23H,4-5,8-14H2/t16-,17+/m1/s1. The second-order valence-corrected chi connectivity index (χ2v) is 7.38. The number of hydrogen-bond acceptors (Lipinski definition) is 4. The van der Waals surface area contributed by atoms with Crippen molar-refractivity contribution >= 4 is 5.91 Å². The summed E-state index contributed by atoms with van der Waals surface area (Å²) in [5, 5.41) is 10.6. The Morgan fingerprint density at radius 1 is 1.21 bits per heavy atom. The molecule has 1 aromatic rings. The van der Waals surface area contributed by atoms with Gasteiger partial charge in [-0.05, 0) is 31.2 Å². The maximum Gasteiger partial charge on any atom is 0.254 e. The fourth-order valence-electron chi connectivity index (χ4n) is 4.41. The molecule has 1 saturated carbocycles. The number of benzene rings is 1. The summed E-state index contributed by atoms with van der Waals surface area (Å²) in [5.41, 5.74) is 0.162. The summed E-state index contributed by atoms with van der Waals surface area (Å²) >= 11 is 0. The molecule has 2 aliphatic heterocycles. The number of hydrogen-bond donors (Lipinski definition) is 1. The lowest BCUT2D eigenvalue weighted by atomic mass is 10.0. The van der Waals surface area contributed by atoms with E-state index >= 15 is 0 Å². The smallest absolute Gasteiger partial charge is 0.254 e. The average molecular weight is 330 g/mol. The summed E-state index contributed by atoms with van der Waals surface area (Å²) in [6.45, 7) is 3.76. The van der Waals surface area contributed by atoms with E-state index in [1.165, 1.54) is 5.56 Å². The van der Waals surface area contributed by atoms with Crippen LogP contribution in [0.3, 0.4) is 0 Å². The second-order valence-electron chi connectivity index (χ2n) is 7.38. The van der Waals surface area contributed by atoms with Gasteiger partial charge in [0.15, 0.2) is 0 Å². The Hall–Kier alpha value is -1.43. The highest BCUT2D eigenvalue weighted by atomic mass is 16.5. The van der Waals surface area contributed by atoms with E-state index in [4.69, 9.17) is 4.74 Å². The molecule has 1 N–H and O–H groups in total. The van der Waals surface area contributed by atoms with Crippen molar-refractivity contribution in [2.24, 2.45) is 0 Å². The molecule has 0 spiro atoms. The minimum atomic E-state index is -1.13. The SMILES string of the molecule is O=C(N1C[C@@H]2OCCN(Cc3ccccc3)[C@@H]2C1)C1(O)CCCC1. The van der Waals surface area contributed by atoms with Crippen molar-refractivity contribution in [3.63, 3.8) is 0 Å². The highest BCUT2D eigenvalue weighted by molar-refractivity contribution is 5.85. The number of nitrogens with zero attached hydrogens (tertiary/aromatic N) is 2. The molecule has 0 unspecified atom stereocenters. The lowest BCUT2D eigenvalue weighted by Gasteiger charge is -2.36. The lowest BCUT2D eigenvalue weighted by Crippen LogP contribution is -2.50. The van der Waals surface area contributed by atoms with Crippen molar-refractivity contribution < 1.29 is 14.6 Å². The first-order valence-corrected chi connectivity index (χ1v) is 9.07. The highest BCUT2D eigenvalue weighted by Crippen LogP contribution is 2.33. The van der Waals surface area contributed by atoms with Crippen LogP contribution in [0.25, 0.3) is 0 Å². The molecule has 2 saturated heterocycles. The number of ether oxygens (including phenoxy) is 1. The molecular formula is C19H26N2O3. The van der Waals surface area contributed by atoms with Crippen LogP contribution in [-0.2, 0) is 16.1 Å². The fraction of sp³-hybridized carbons (Fsp3) is 0.632. The third-order valence-electron chi connectivity index (χ3n) is 5.76. The molecule has 2 atom stereocenters. The number of morpholine rings is 1. The molecule has 24 heavy (non-hydrogen) atoms. The van der Waals surface area contributed by atoms with Gasteiger partial charge < -0.3 is 14.7 Å². The molecule has 5 nitrogen and oxygen atoms in total. The number of carbonyl (C=O) groups is 1. The normalized spacial score (nSPS) is 29.6. The van der Waals surface area contributed by atoms with Crippen LogP contribution in [0.1, 0.15) is 31.2 Å². The number of fused-ring (bicyclic) bond motifs is 1. The summed E-state index contributed by atoms with van der Waals surface area (Å²) in [6, 6.07) is 10.7. The topological polar surface area (TPSA) is 53.0 Å². The number of aliphatic hydroxyl groups is 1. The molecule has 3 fully saturated rings. The predicted molar refractivity (Wildman–Crippen MR) is 90.4 cm³/mol. The van der Waals surface area contributed by atoms with Crippen LogP contribution in [0.2, 0.25) is 0 Å². The van der Waals surface area contributed by atoms with Gasteiger partial charge in [-0.2, -0.15) is 0 Å². The van der Waals surface area contributed by atoms with Gasteiger partial charge in [0, 0.05) is 26.2 Å². The summed E-state index contributed by atoms with van der Waals surface area (Å²) in [7, 11) is 0. The number of rotatable bonds is 3. The molecule has 0 aromatic heterocycles. The Morgan fingerprint density at radius 3 is 2.71 bits per heavy atom. The summed E-state index contributed by atoms with van der Waals surface area (Å²) in [5.74, 6) is -0.0855. The Kier molecular flexibility index (Phi) is 4.33. The van der Waals surface area contributed by atoms with E-state index in [0.717, 1.165) is 25.9 Å². The van der Waals surface area contributed by atoms with Gasteiger partial charge in [-0.25, -0.2) is 0 Å². The predicted octanol–water partition coefficient (Wildman–Crippen LogP) is 1.40. The molecule has 1 amide bonds. The van der Waals surface area contributed by atoms with Gasteiger partial charge in [0.05, 0.1) is 18.8 Å². The first-order chi connectivity index (χ1) is 11.7. The second kappa shape index (κ2) is 6.47. The molecule has 5 heteroatoms. The first-order valence-electron chi connectivity index (χ1n) is 9.07. The third kappa shape index (κ3) is 2.96. The zero-order valence-electron chi connectivity index (χ0n) is 14.1. The monoisotopic (exact) mass is 330 g/mol. The Labute approximate surface area is 143 Å². The van der Waals surface area contributed by atoms with E-state index < -0.39 is 5.60 Å². The zero-order valence-corrected chi connectivity index (χ0v) is 14.1. The maximum absolute atomic E-state index is 12.8. The van der Waals surface area contributed by atoms with Crippen LogP contribution >= 0.6 is 0 Å².